The number of nitrogens with one attached hydrogen (secondary N) is 1. The Bertz CT molecular complexity index is 851. The number of esters is 1. The van der Waals surface area contributed by atoms with Crippen LogP contribution in [0.3, 0.4) is 0 Å². The van der Waals surface area contributed by atoms with Crippen LogP contribution in [0.1, 0.15) is 39.0 Å². The van der Waals surface area contributed by atoms with Crippen LogP contribution < -0.4 is 15.0 Å². The second-order valence-electron chi connectivity index (χ2n) is 7.32. The molecule has 1 saturated carbocycles. The highest BCUT2D eigenvalue weighted by Crippen LogP contribution is 2.30. The normalized spacial score (nSPS) is 14.1. The first-order valence-electron chi connectivity index (χ1n) is 10.6. The quantitative estimate of drug-likeness (QED) is 0.395. The minimum atomic E-state index is -0.260. The van der Waals surface area contributed by atoms with E-state index in [-0.39, 0.29) is 17.8 Å². The van der Waals surface area contributed by atoms with Gasteiger partial charge in [-0.05, 0) is 49.9 Å². The molecular weight excluding hydrogens is 434 g/mol. The van der Waals surface area contributed by atoms with Gasteiger partial charge in [0.1, 0.15) is 5.75 Å². The van der Waals surface area contributed by atoms with Gasteiger partial charge in [-0.15, -0.1) is 11.8 Å². The summed E-state index contributed by atoms with van der Waals surface area (Å²) >= 11 is 2.71. The van der Waals surface area contributed by atoms with Gasteiger partial charge in [0.15, 0.2) is 5.13 Å². The molecule has 0 spiro atoms. The van der Waals surface area contributed by atoms with Gasteiger partial charge in [0.25, 0.3) is 0 Å². The number of ether oxygens (including phenoxy) is 2. The van der Waals surface area contributed by atoms with E-state index in [4.69, 9.17) is 9.47 Å². The summed E-state index contributed by atoms with van der Waals surface area (Å²) in [5.74, 6) is 1.21. The SMILES string of the molecule is CCOC(=O)CSc1cnc(NC(=O)N(CC2CCCCC2)c2ccc(OC)cc2)s1. The van der Waals surface area contributed by atoms with Crippen molar-refractivity contribution in [2.75, 3.05) is 36.2 Å². The predicted molar refractivity (Wildman–Crippen MR) is 125 cm³/mol. The number of urea groups is 1. The number of carbonyl (C=O) groups is 2. The van der Waals surface area contributed by atoms with Crippen LogP contribution in [0.4, 0.5) is 15.6 Å². The van der Waals surface area contributed by atoms with Gasteiger partial charge in [0, 0.05) is 12.2 Å². The average molecular weight is 464 g/mol. The molecule has 1 heterocycles. The number of hydrogen-bond acceptors (Lipinski definition) is 7. The van der Waals surface area contributed by atoms with E-state index in [0.29, 0.717) is 24.2 Å². The summed E-state index contributed by atoms with van der Waals surface area (Å²) in [6.45, 7) is 2.82. The summed E-state index contributed by atoms with van der Waals surface area (Å²) in [5.41, 5.74) is 0.831. The van der Waals surface area contributed by atoms with Crippen molar-refractivity contribution in [1.82, 2.24) is 4.98 Å². The number of carbonyl (C=O) groups excluding carboxylic acids is 2. The number of nitrogens with zero attached hydrogens (tertiary/aromatic N) is 2. The van der Waals surface area contributed by atoms with Gasteiger partial charge in [-0.1, -0.05) is 30.6 Å². The van der Waals surface area contributed by atoms with Gasteiger partial charge in [-0.3, -0.25) is 15.0 Å². The Morgan fingerprint density at radius 1 is 1.23 bits per heavy atom. The van der Waals surface area contributed by atoms with Crippen molar-refractivity contribution < 1.29 is 19.1 Å². The van der Waals surface area contributed by atoms with Crippen LogP contribution in [-0.4, -0.2) is 43.0 Å². The van der Waals surface area contributed by atoms with E-state index in [9.17, 15) is 9.59 Å². The van der Waals surface area contributed by atoms with Crippen molar-refractivity contribution in [2.45, 2.75) is 43.2 Å². The van der Waals surface area contributed by atoms with Crippen molar-refractivity contribution in [3.8, 4) is 5.75 Å². The number of thioether (sulfide) groups is 1. The molecule has 0 aliphatic heterocycles. The third-order valence-corrected chi connectivity index (χ3v) is 7.21. The lowest BCUT2D eigenvalue weighted by atomic mass is 9.89. The number of methoxy groups -OCH3 is 1. The Kier molecular flexibility index (Phi) is 9.02. The summed E-state index contributed by atoms with van der Waals surface area (Å²) in [6, 6.07) is 7.34. The zero-order valence-electron chi connectivity index (χ0n) is 18.0. The molecule has 0 radical (unpaired) electrons. The number of thiazole rings is 1. The number of anilines is 2. The largest absolute Gasteiger partial charge is 0.497 e. The van der Waals surface area contributed by atoms with Gasteiger partial charge in [-0.25, -0.2) is 9.78 Å². The second-order valence-corrected chi connectivity index (χ2v) is 9.63. The van der Waals surface area contributed by atoms with E-state index in [1.807, 2.05) is 24.3 Å². The first-order valence-corrected chi connectivity index (χ1v) is 12.4. The Morgan fingerprint density at radius 2 is 1.97 bits per heavy atom. The Labute approximate surface area is 191 Å². The molecule has 7 nitrogen and oxygen atoms in total. The molecule has 1 N–H and O–H groups in total. The number of aromatic nitrogens is 1. The summed E-state index contributed by atoms with van der Waals surface area (Å²) in [5, 5.41) is 3.44. The lowest BCUT2D eigenvalue weighted by Gasteiger charge is -2.29. The zero-order valence-corrected chi connectivity index (χ0v) is 19.6. The molecule has 1 aliphatic carbocycles. The zero-order chi connectivity index (χ0) is 22.1. The molecule has 1 fully saturated rings. The molecule has 0 unspecified atom stereocenters. The molecule has 0 saturated heterocycles. The smallest absolute Gasteiger partial charge is 0.328 e. The van der Waals surface area contributed by atoms with Crippen LogP contribution in [0, 0.1) is 5.92 Å². The lowest BCUT2D eigenvalue weighted by Crippen LogP contribution is -2.39. The van der Waals surface area contributed by atoms with Crippen LogP contribution in [0.5, 0.6) is 5.75 Å². The first-order chi connectivity index (χ1) is 15.1. The molecule has 168 valence electrons. The summed E-state index contributed by atoms with van der Waals surface area (Å²) in [7, 11) is 1.63. The van der Waals surface area contributed by atoms with Crippen LogP contribution >= 0.6 is 23.1 Å². The van der Waals surface area contributed by atoms with Gasteiger partial charge in [0.2, 0.25) is 0 Å². The molecule has 9 heteroatoms. The van der Waals surface area contributed by atoms with Gasteiger partial charge in [0.05, 0.1) is 29.9 Å². The minimum absolute atomic E-state index is 0.202. The molecule has 2 amide bonds. The fourth-order valence-corrected chi connectivity index (χ4v) is 5.23. The summed E-state index contributed by atoms with van der Waals surface area (Å²) in [6.07, 6.45) is 7.67. The standard InChI is InChI=1S/C22H29N3O4S2/c1-3-29-19(26)15-30-20-13-23-21(31-20)24-22(27)25(14-16-7-5-4-6-8-16)17-9-11-18(28-2)12-10-17/h9-13,16H,3-8,14-15H2,1-2H3,(H,23,24,27). The Morgan fingerprint density at radius 3 is 2.65 bits per heavy atom. The number of amides is 2. The fraction of sp³-hybridized carbons (Fsp3) is 0.500. The molecule has 1 aromatic heterocycles. The molecule has 0 bridgehead atoms. The topological polar surface area (TPSA) is 80.8 Å². The molecule has 2 aromatic rings. The van der Waals surface area contributed by atoms with E-state index in [0.717, 1.165) is 28.5 Å². The van der Waals surface area contributed by atoms with Gasteiger partial charge < -0.3 is 9.47 Å². The third kappa shape index (κ3) is 7.14. The molecule has 3 rings (SSSR count). The Hall–Kier alpha value is -2.26. The molecule has 1 aromatic carbocycles. The maximum atomic E-state index is 13.2. The maximum Gasteiger partial charge on any atom is 0.328 e. The number of benzene rings is 1. The monoisotopic (exact) mass is 463 g/mol. The lowest BCUT2D eigenvalue weighted by molar-refractivity contribution is -0.139. The number of hydrogen-bond donors (Lipinski definition) is 1. The van der Waals surface area contributed by atoms with E-state index in [1.54, 1.807) is 25.1 Å². The van der Waals surface area contributed by atoms with Crippen LogP contribution in [-0.2, 0) is 9.53 Å². The van der Waals surface area contributed by atoms with E-state index in [2.05, 4.69) is 10.3 Å². The first kappa shape index (κ1) is 23.4. The third-order valence-electron chi connectivity index (χ3n) is 5.13. The Balaban J connectivity index is 1.66. The summed E-state index contributed by atoms with van der Waals surface area (Å²) < 4.78 is 11.0. The second kappa shape index (κ2) is 12.0. The highest BCUT2D eigenvalue weighted by molar-refractivity contribution is 8.01. The van der Waals surface area contributed by atoms with Gasteiger partial charge >= 0.3 is 12.0 Å². The van der Waals surface area contributed by atoms with E-state index in [1.165, 1.54) is 42.4 Å². The summed E-state index contributed by atoms with van der Waals surface area (Å²) in [4.78, 5) is 30.8. The van der Waals surface area contributed by atoms with E-state index < -0.39 is 0 Å². The average Bonchev–Trinajstić information content (AvgIpc) is 3.24. The van der Waals surface area contributed by atoms with Crippen molar-refractivity contribution >= 4 is 45.9 Å². The maximum absolute atomic E-state index is 13.2. The number of rotatable bonds is 9. The fourth-order valence-electron chi connectivity index (χ4n) is 3.57. The predicted octanol–water partition coefficient (Wildman–Crippen LogP) is 5.43. The molecule has 0 atom stereocenters. The van der Waals surface area contributed by atoms with Crippen molar-refractivity contribution in [3.63, 3.8) is 0 Å². The van der Waals surface area contributed by atoms with Crippen molar-refractivity contribution in [1.29, 1.82) is 0 Å². The van der Waals surface area contributed by atoms with Crippen LogP contribution in [0.15, 0.2) is 34.7 Å². The van der Waals surface area contributed by atoms with Crippen molar-refractivity contribution in [3.05, 3.63) is 30.5 Å². The van der Waals surface area contributed by atoms with Crippen LogP contribution in [0.25, 0.3) is 0 Å². The molecular formula is C22H29N3O4S2. The molecule has 1 aliphatic rings. The minimum Gasteiger partial charge on any atom is -0.497 e. The highest BCUT2D eigenvalue weighted by atomic mass is 32.2. The van der Waals surface area contributed by atoms with Crippen molar-refractivity contribution in [2.24, 2.45) is 5.92 Å². The molecule has 31 heavy (non-hydrogen) atoms. The van der Waals surface area contributed by atoms with E-state index >= 15 is 0 Å². The highest BCUT2D eigenvalue weighted by Gasteiger charge is 2.23. The van der Waals surface area contributed by atoms with Gasteiger partial charge in [-0.2, -0.15) is 0 Å². The van der Waals surface area contributed by atoms with Crippen LogP contribution in [0.2, 0.25) is 0 Å².